The summed E-state index contributed by atoms with van der Waals surface area (Å²) in [6.45, 7) is 8.85. The second kappa shape index (κ2) is 9.60. The van der Waals surface area contributed by atoms with Crippen molar-refractivity contribution >= 4 is 5.97 Å². The SMILES string of the molecule is CCCN(CCC)CC(O)CC(=O)OCC. The molecule has 16 heavy (non-hydrogen) atoms. The average Bonchev–Trinajstić information content (AvgIpc) is 2.18. The van der Waals surface area contributed by atoms with Crippen LogP contribution in [0.25, 0.3) is 0 Å². The molecular formula is C12H25NO3. The summed E-state index contributed by atoms with van der Waals surface area (Å²) in [7, 11) is 0. The van der Waals surface area contributed by atoms with Crippen LogP contribution in [0.1, 0.15) is 40.0 Å². The molecule has 96 valence electrons. The maximum absolute atomic E-state index is 11.1. The molecule has 0 aromatic carbocycles. The Bertz CT molecular complexity index is 179. The van der Waals surface area contributed by atoms with Gasteiger partial charge in [-0.3, -0.25) is 4.79 Å². The third-order valence-electron chi connectivity index (χ3n) is 2.26. The van der Waals surface area contributed by atoms with Gasteiger partial charge in [-0.05, 0) is 32.9 Å². The molecule has 1 atom stereocenters. The van der Waals surface area contributed by atoms with E-state index >= 15 is 0 Å². The Labute approximate surface area is 98.6 Å². The zero-order valence-corrected chi connectivity index (χ0v) is 10.7. The number of ether oxygens (including phenoxy) is 1. The summed E-state index contributed by atoms with van der Waals surface area (Å²) in [6.07, 6.45) is 1.60. The van der Waals surface area contributed by atoms with E-state index in [2.05, 4.69) is 18.7 Å². The van der Waals surface area contributed by atoms with Gasteiger partial charge in [0, 0.05) is 6.54 Å². The molecule has 0 fully saturated rings. The fourth-order valence-corrected chi connectivity index (χ4v) is 1.70. The first kappa shape index (κ1) is 15.4. The van der Waals surface area contributed by atoms with Crippen LogP contribution in [0.4, 0.5) is 0 Å². The van der Waals surface area contributed by atoms with Crippen LogP contribution in [-0.2, 0) is 9.53 Å². The molecule has 0 heterocycles. The highest BCUT2D eigenvalue weighted by molar-refractivity contribution is 5.69. The van der Waals surface area contributed by atoms with Crippen LogP contribution >= 0.6 is 0 Å². The third-order valence-corrected chi connectivity index (χ3v) is 2.26. The topological polar surface area (TPSA) is 49.8 Å². The quantitative estimate of drug-likeness (QED) is 0.610. The average molecular weight is 231 g/mol. The van der Waals surface area contributed by atoms with Gasteiger partial charge in [0.1, 0.15) is 0 Å². The highest BCUT2D eigenvalue weighted by atomic mass is 16.5. The summed E-state index contributed by atoms with van der Waals surface area (Å²) in [5, 5.41) is 9.73. The Balaban J connectivity index is 3.88. The van der Waals surface area contributed by atoms with Gasteiger partial charge in [0.25, 0.3) is 0 Å². The van der Waals surface area contributed by atoms with Gasteiger partial charge >= 0.3 is 5.97 Å². The molecule has 0 aliphatic rings. The minimum atomic E-state index is -0.614. The van der Waals surface area contributed by atoms with Gasteiger partial charge in [-0.1, -0.05) is 13.8 Å². The maximum atomic E-state index is 11.1. The molecular weight excluding hydrogens is 206 g/mol. The van der Waals surface area contributed by atoms with Gasteiger partial charge in [-0.15, -0.1) is 0 Å². The number of nitrogens with zero attached hydrogens (tertiary/aromatic N) is 1. The first-order chi connectivity index (χ1) is 7.63. The Morgan fingerprint density at radius 2 is 1.81 bits per heavy atom. The highest BCUT2D eigenvalue weighted by Crippen LogP contribution is 2.01. The molecule has 0 spiro atoms. The molecule has 1 unspecified atom stereocenters. The van der Waals surface area contributed by atoms with Crippen molar-refractivity contribution in [2.75, 3.05) is 26.2 Å². The van der Waals surface area contributed by atoms with E-state index in [0.29, 0.717) is 13.2 Å². The van der Waals surface area contributed by atoms with Crippen molar-refractivity contribution in [2.45, 2.75) is 46.1 Å². The summed E-state index contributed by atoms with van der Waals surface area (Å²) in [6, 6.07) is 0. The lowest BCUT2D eigenvalue weighted by Gasteiger charge is -2.23. The van der Waals surface area contributed by atoms with E-state index in [1.54, 1.807) is 6.92 Å². The number of hydrogen-bond donors (Lipinski definition) is 1. The number of rotatable bonds is 9. The van der Waals surface area contributed by atoms with Gasteiger partial charge in [-0.2, -0.15) is 0 Å². The molecule has 0 amide bonds. The van der Waals surface area contributed by atoms with Crippen LogP contribution in [-0.4, -0.2) is 48.3 Å². The van der Waals surface area contributed by atoms with E-state index in [0.717, 1.165) is 25.9 Å². The minimum absolute atomic E-state index is 0.0950. The molecule has 4 heteroatoms. The maximum Gasteiger partial charge on any atom is 0.308 e. The van der Waals surface area contributed by atoms with Crippen molar-refractivity contribution in [1.29, 1.82) is 0 Å². The van der Waals surface area contributed by atoms with E-state index < -0.39 is 6.10 Å². The summed E-state index contributed by atoms with van der Waals surface area (Å²) in [5.74, 6) is -0.317. The molecule has 0 aromatic rings. The van der Waals surface area contributed by atoms with Gasteiger partial charge < -0.3 is 14.7 Å². The van der Waals surface area contributed by atoms with Gasteiger partial charge in [0.2, 0.25) is 0 Å². The van der Waals surface area contributed by atoms with Crippen LogP contribution in [0, 0.1) is 0 Å². The molecule has 0 aromatic heterocycles. The third kappa shape index (κ3) is 7.65. The lowest BCUT2D eigenvalue weighted by atomic mass is 10.2. The van der Waals surface area contributed by atoms with Crippen molar-refractivity contribution in [3.8, 4) is 0 Å². The number of carbonyl (C=O) groups excluding carboxylic acids is 1. The molecule has 0 aliphatic carbocycles. The standard InChI is InChI=1S/C12H25NO3/c1-4-7-13(8-5-2)10-11(14)9-12(15)16-6-3/h11,14H,4-10H2,1-3H3. The van der Waals surface area contributed by atoms with Gasteiger partial charge in [-0.25, -0.2) is 0 Å². The molecule has 0 saturated carbocycles. The van der Waals surface area contributed by atoms with Crippen molar-refractivity contribution in [3.63, 3.8) is 0 Å². The van der Waals surface area contributed by atoms with E-state index in [1.807, 2.05) is 0 Å². The lowest BCUT2D eigenvalue weighted by Crippen LogP contribution is -2.35. The molecule has 0 saturated heterocycles. The van der Waals surface area contributed by atoms with Crippen molar-refractivity contribution < 1.29 is 14.6 Å². The highest BCUT2D eigenvalue weighted by Gasteiger charge is 2.14. The zero-order chi connectivity index (χ0) is 12.4. The number of hydrogen-bond acceptors (Lipinski definition) is 4. The Kier molecular flexibility index (Phi) is 9.24. The number of aliphatic hydroxyl groups is 1. The van der Waals surface area contributed by atoms with E-state index in [9.17, 15) is 9.90 Å². The zero-order valence-electron chi connectivity index (χ0n) is 10.7. The number of esters is 1. The fourth-order valence-electron chi connectivity index (χ4n) is 1.70. The van der Waals surface area contributed by atoms with E-state index in [-0.39, 0.29) is 12.4 Å². The van der Waals surface area contributed by atoms with Crippen molar-refractivity contribution in [2.24, 2.45) is 0 Å². The number of aliphatic hydroxyl groups excluding tert-OH is 1. The first-order valence-corrected chi connectivity index (χ1v) is 6.20. The van der Waals surface area contributed by atoms with Crippen LogP contribution in [0.2, 0.25) is 0 Å². The largest absolute Gasteiger partial charge is 0.466 e. The molecule has 0 rings (SSSR count). The smallest absolute Gasteiger partial charge is 0.308 e. The van der Waals surface area contributed by atoms with Crippen molar-refractivity contribution in [1.82, 2.24) is 4.90 Å². The van der Waals surface area contributed by atoms with Crippen LogP contribution < -0.4 is 0 Å². The minimum Gasteiger partial charge on any atom is -0.466 e. The predicted octanol–water partition coefficient (Wildman–Crippen LogP) is 1.42. The second-order valence-electron chi connectivity index (χ2n) is 3.96. The summed E-state index contributed by atoms with van der Waals surface area (Å²) < 4.78 is 4.80. The summed E-state index contributed by atoms with van der Waals surface area (Å²) in [4.78, 5) is 13.3. The molecule has 0 aliphatic heterocycles. The molecule has 1 N–H and O–H groups in total. The molecule has 0 radical (unpaired) electrons. The Morgan fingerprint density at radius 3 is 2.25 bits per heavy atom. The van der Waals surface area contributed by atoms with Crippen LogP contribution in [0.15, 0.2) is 0 Å². The summed E-state index contributed by atoms with van der Waals surface area (Å²) >= 11 is 0. The van der Waals surface area contributed by atoms with Crippen LogP contribution in [0.5, 0.6) is 0 Å². The van der Waals surface area contributed by atoms with Gasteiger partial charge in [0.05, 0.1) is 19.1 Å². The van der Waals surface area contributed by atoms with Gasteiger partial charge in [0.15, 0.2) is 0 Å². The number of carbonyl (C=O) groups is 1. The monoisotopic (exact) mass is 231 g/mol. The second-order valence-corrected chi connectivity index (χ2v) is 3.96. The first-order valence-electron chi connectivity index (χ1n) is 6.20. The van der Waals surface area contributed by atoms with Crippen LogP contribution in [0.3, 0.4) is 0 Å². The predicted molar refractivity (Wildman–Crippen MR) is 64.3 cm³/mol. The normalized spacial score (nSPS) is 12.8. The van der Waals surface area contributed by atoms with E-state index in [4.69, 9.17) is 4.74 Å². The summed E-state index contributed by atoms with van der Waals surface area (Å²) in [5.41, 5.74) is 0. The Hall–Kier alpha value is -0.610. The lowest BCUT2D eigenvalue weighted by molar-refractivity contribution is -0.145. The molecule has 0 bridgehead atoms. The fraction of sp³-hybridized carbons (Fsp3) is 0.917. The van der Waals surface area contributed by atoms with E-state index in [1.165, 1.54) is 0 Å². The molecule has 4 nitrogen and oxygen atoms in total. The Morgan fingerprint density at radius 1 is 1.25 bits per heavy atom. The van der Waals surface area contributed by atoms with Crippen molar-refractivity contribution in [3.05, 3.63) is 0 Å².